The Kier molecular flexibility index (Phi) is 5.03. The second-order valence-corrected chi connectivity index (χ2v) is 5.75. The largest absolute Gasteiger partial charge is 0.392 e. The van der Waals surface area contributed by atoms with Gasteiger partial charge in [0.25, 0.3) is 0 Å². The molecule has 0 amide bonds. The molecule has 1 aromatic heterocycles. The monoisotopic (exact) mass is 325 g/mol. The number of benzene rings is 2. The zero-order valence-corrected chi connectivity index (χ0v) is 13.5. The predicted molar refractivity (Wildman–Crippen MR) is 91.1 cm³/mol. The van der Waals surface area contributed by atoms with Crippen LogP contribution >= 0.6 is 0 Å². The lowest BCUT2D eigenvalue weighted by Gasteiger charge is -2.15. The molecule has 0 radical (unpaired) electrons. The molecule has 3 rings (SSSR count). The summed E-state index contributed by atoms with van der Waals surface area (Å²) >= 11 is 0. The first kappa shape index (κ1) is 16.4. The third kappa shape index (κ3) is 3.69. The summed E-state index contributed by atoms with van der Waals surface area (Å²) in [6.45, 7) is 2.41. The molecule has 3 aromatic rings. The maximum Gasteiger partial charge on any atom is 0.128 e. The van der Waals surface area contributed by atoms with Gasteiger partial charge in [-0.05, 0) is 42.3 Å². The van der Waals surface area contributed by atoms with Crippen LogP contribution in [0, 0.1) is 5.82 Å². The number of hydrogen-bond donors (Lipinski definition) is 2. The summed E-state index contributed by atoms with van der Waals surface area (Å²) in [5.41, 5.74) is 3.51. The van der Waals surface area contributed by atoms with Crippen LogP contribution in [-0.4, -0.2) is 14.7 Å². The van der Waals surface area contributed by atoms with Gasteiger partial charge in [-0.2, -0.15) is 0 Å². The Morgan fingerprint density at radius 1 is 1.21 bits per heavy atom. The minimum Gasteiger partial charge on any atom is -0.392 e. The van der Waals surface area contributed by atoms with Crippen molar-refractivity contribution in [2.75, 3.05) is 0 Å². The van der Waals surface area contributed by atoms with E-state index in [9.17, 15) is 4.39 Å². The number of nitrogens with one attached hydrogen (secondary N) is 1. The molecule has 0 aliphatic carbocycles. The van der Waals surface area contributed by atoms with E-state index in [0.29, 0.717) is 12.1 Å². The van der Waals surface area contributed by atoms with Gasteiger partial charge in [0.2, 0.25) is 0 Å². The number of aliphatic hydroxyl groups is 1. The first-order valence-electron chi connectivity index (χ1n) is 7.87. The zero-order valence-electron chi connectivity index (χ0n) is 13.5. The van der Waals surface area contributed by atoms with E-state index in [2.05, 4.69) is 41.5 Å². The maximum absolute atomic E-state index is 13.4. The Balaban J connectivity index is 1.63. The molecule has 2 N–H and O–H groups in total. The fourth-order valence-corrected chi connectivity index (χ4v) is 2.59. The fraction of sp³-hybridized carbons (Fsp3) is 0.211. The highest BCUT2D eigenvalue weighted by molar-refractivity contribution is 5.35. The van der Waals surface area contributed by atoms with E-state index in [1.807, 2.05) is 10.8 Å². The molecule has 24 heavy (non-hydrogen) atoms. The van der Waals surface area contributed by atoms with Crippen molar-refractivity contribution in [1.29, 1.82) is 0 Å². The molecule has 0 saturated heterocycles. The highest BCUT2D eigenvalue weighted by atomic mass is 19.1. The van der Waals surface area contributed by atoms with Crippen molar-refractivity contribution in [3.8, 4) is 5.69 Å². The molecule has 5 heteroatoms. The summed E-state index contributed by atoms with van der Waals surface area (Å²) in [6.07, 6.45) is 5.43. The molecule has 1 atom stereocenters. The Morgan fingerprint density at radius 3 is 2.67 bits per heavy atom. The molecule has 2 aromatic carbocycles. The maximum atomic E-state index is 13.4. The van der Waals surface area contributed by atoms with Crippen LogP contribution in [0.15, 0.2) is 61.2 Å². The van der Waals surface area contributed by atoms with Gasteiger partial charge in [0, 0.05) is 36.2 Å². The second-order valence-electron chi connectivity index (χ2n) is 5.75. The lowest BCUT2D eigenvalue weighted by molar-refractivity contribution is 0.275. The van der Waals surface area contributed by atoms with Gasteiger partial charge in [0.05, 0.1) is 12.9 Å². The van der Waals surface area contributed by atoms with Gasteiger partial charge in [-0.3, -0.25) is 0 Å². The smallest absolute Gasteiger partial charge is 0.128 e. The summed E-state index contributed by atoms with van der Waals surface area (Å²) in [6, 6.07) is 13.2. The van der Waals surface area contributed by atoms with Crippen molar-refractivity contribution in [2.24, 2.45) is 0 Å². The molecule has 0 aliphatic heterocycles. The third-order valence-corrected chi connectivity index (χ3v) is 4.09. The number of aromatic nitrogens is 2. The van der Waals surface area contributed by atoms with E-state index in [0.717, 1.165) is 11.3 Å². The van der Waals surface area contributed by atoms with Gasteiger partial charge in [-0.1, -0.05) is 18.2 Å². The average Bonchev–Trinajstić information content (AvgIpc) is 3.15. The van der Waals surface area contributed by atoms with E-state index in [-0.39, 0.29) is 18.5 Å². The van der Waals surface area contributed by atoms with Gasteiger partial charge in [0.15, 0.2) is 0 Å². The highest BCUT2D eigenvalue weighted by Crippen LogP contribution is 2.17. The minimum absolute atomic E-state index is 0.157. The number of rotatable bonds is 6. The van der Waals surface area contributed by atoms with Crippen LogP contribution in [0.2, 0.25) is 0 Å². The van der Waals surface area contributed by atoms with Gasteiger partial charge in [-0.25, -0.2) is 9.37 Å². The van der Waals surface area contributed by atoms with Crippen molar-refractivity contribution in [1.82, 2.24) is 14.9 Å². The molecule has 0 fully saturated rings. The molecular formula is C19H20FN3O. The number of halogens is 1. The second kappa shape index (κ2) is 7.38. The van der Waals surface area contributed by atoms with Gasteiger partial charge in [0.1, 0.15) is 5.82 Å². The molecule has 0 spiro atoms. The van der Waals surface area contributed by atoms with Gasteiger partial charge >= 0.3 is 0 Å². The van der Waals surface area contributed by atoms with Crippen molar-refractivity contribution in [2.45, 2.75) is 26.1 Å². The number of nitrogens with zero attached hydrogens (tertiary/aromatic N) is 2. The summed E-state index contributed by atoms with van der Waals surface area (Å²) in [7, 11) is 0. The predicted octanol–water partition coefficient (Wildman–Crippen LogP) is 3.35. The van der Waals surface area contributed by atoms with Crippen LogP contribution in [0.1, 0.15) is 29.7 Å². The molecule has 0 bridgehead atoms. The number of imidazole rings is 1. The van der Waals surface area contributed by atoms with E-state index in [4.69, 9.17) is 5.11 Å². The summed E-state index contributed by atoms with van der Waals surface area (Å²) in [5.74, 6) is -0.371. The highest BCUT2D eigenvalue weighted by Gasteiger charge is 2.07. The van der Waals surface area contributed by atoms with Crippen molar-refractivity contribution in [3.63, 3.8) is 0 Å². The fourth-order valence-electron chi connectivity index (χ4n) is 2.59. The van der Waals surface area contributed by atoms with Crippen LogP contribution in [-0.2, 0) is 13.2 Å². The van der Waals surface area contributed by atoms with Crippen LogP contribution in [0.5, 0.6) is 0 Å². The van der Waals surface area contributed by atoms with Gasteiger partial charge in [-0.15, -0.1) is 0 Å². The molecule has 124 valence electrons. The molecule has 0 saturated carbocycles. The Hall–Kier alpha value is -2.50. The van der Waals surface area contributed by atoms with E-state index < -0.39 is 0 Å². The summed E-state index contributed by atoms with van der Waals surface area (Å²) in [5, 5.41) is 12.6. The van der Waals surface area contributed by atoms with Crippen LogP contribution in [0.25, 0.3) is 5.69 Å². The first-order valence-corrected chi connectivity index (χ1v) is 7.87. The van der Waals surface area contributed by atoms with Crippen LogP contribution < -0.4 is 5.32 Å². The van der Waals surface area contributed by atoms with Crippen molar-refractivity contribution < 1.29 is 9.50 Å². The number of hydrogen-bond acceptors (Lipinski definition) is 3. The SMILES string of the molecule is CC(NCc1ccc(F)c(CO)c1)c1ccc(-n2ccnc2)cc1. The third-order valence-electron chi connectivity index (χ3n) is 4.09. The molecule has 0 aliphatic rings. The normalized spacial score (nSPS) is 12.3. The lowest BCUT2D eigenvalue weighted by Crippen LogP contribution is -2.18. The number of aliphatic hydroxyl groups excluding tert-OH is 1. The Bertz CT molecular complexity index is 785. The van der Waals surface area contributed by atoms with Gasteiger partial charge < -0.3 is 15.0 Å². The first-order chi connectivity index (χ1) is 11.7. The van der Waals surface area contributed by atoms with E-state index >= 15 is 0 Å². The zero-order chi connectivity index (χ0) is 16.9. The molecule has 1 unspecified atom stereocenters. The van der Waals surface area contributed by atoms with E-state index in [1.165, 1.54) is 11.6 Å². The molecular weight excluding hydrogens is 305 g/mol. The Labute approximate surface area is 140 Å². The summed E-state index contributed by atoms with van der Waals surface area (Å²) in [4.78, 5) is 4.05. The Morgan fingerprint density at radius 2 is 2.00 bits per heavy atom. The quantitative estimate of drug-likeness (QED) is 0.731. The van der Waals surface area contributed by atoms with Crippen molar-refractivity contribution >= 4 is 0 Å². The van der Waals surface area contributed by atoms with E-state index in [1.54, 1.807) is 24.7 Å². The van der Waals surface area contributed by atoms with Crippen LogP contribution in [0.3, 0.4) is 0 Å². The topological polar surface area (TPSA) is 50.1 Å². The summed E-state index contributed by atoms with van der Waals surface area (Å²) < 4.78 is 15.4. The van der Waals surface area contributed by atoms with Crippen LogP contribution in [0.4, 0.5) is 4.39 Å². The van der Waals surface area contributed by atoms with Crippen molar-refractivity contribution in [3.05, 3.63) is 83.7 Å². The average molecular weight is 325 g/mol. The molecule has 1 heterocycles. The minimum atomic E-state index is -0.371. The lowest BCUT2D eigenvalue weighted by atomic mass is 10.1. The standard InChI is InChI=1S/C19H20FN3O/c1-14(22-11-15-2-7-19(20)17(10-15)12-24)16-3-5-18(6-4-16)23-9-8-21-13-23/h2-10,13-14,22,24H,11-12H2,1H3. The molecule has 4 nitrogen and oxygen atoms in total.